The van der Waals surface area contributed by atoms with Gasteiger partial charge >= 0.3 is 5.97 Å². The lowest BCUT2D eigenvalue weighted by Crippen LogP contribution is -2.48. The molecule has 4 bridgehead atoms. The van der Waals surface area contributed by atoms with E-state index in [4.69, 9.17) is 4.74 Å². The van der Waals surface area contributed by atoms with Gasteiger partial charge in [-0.15, -0.1) is 0 Å². The van der Waals surface area contributed by atoms with Crippen molar-refractivity contribution in [1.82, 2.24) is 0 Å². The van der Waals surface area contributed by atoms with Gasteiger partial charge in [-0.2, -0.15) is 0 Å². The van der Waals surface area contributed by atoms with E-state index in [1.54, 1.807) is 12.1 Å². The smallest absolute Gasteiger partial charge is 0.335 e. The molecule has 4 aliphatic rings. The maximum Gasteiger partial charge on any atom is 0.335 e. The van der Waals surface area contributed by atoms with E-state index in [2.05, 4.69) is 6.58 Å². The number of carboxylic acid groups (broad SMARTS) is 1. The normalized spacial score (nSPS) is 34.3. The van der Waals surface area contributed by atoms with Gasteiger partial charge in [0, 0.05) is 5.56 Å². The van der Waals surface area contributed by atoms with Gasteiger partial charge in [-0.3, -0.25) is 0 Å². The van der Waals surface area contributed by atoms with E-state index < -0.39 is 5.97 Å². The predicted molar refractivity (Wildman–Crippen MR) is 88.9 cm³/mol. The molecule has 0 heterocycles. The van der Waals surface area contributed by atoms with Gasteiger partial charge in [-0.25, -0.2) is 4.79 Å². The first kappa shape index (κ1) is 14.8. The molecule has 122 valence electrons. The van der Waals surface area contributed by atoms with Crippen LogP contribution in [0.4, 0.5) is 0 Å². The van der Waals surface area contributed by atoms with Gasteiger partial charge in [0.05, 0.1) is 5.56 Å². The lowest BCUT2D eigenvalue weighted by molar-refractivity contribution is -0.00630. The standard InChI is InChI=1S/C20H24O3/c1-2-5-23-18-4-3-16(19(21)22)9-17(18)20-10-13-6-14(11-20)8-15(7-13)12-20/h2-4,9,13-15H,1,5-8,10-12H2,(H,21,22). The number of aromatic carboxylic acids is 1. The fraction of sp³-hybridized carbons (Fsp3) is 0.550. The van der Waals surface area contributed by atoms with Crippen molar-refractivity contribution in [2.24, 2.45) is 17.8 Å². The van der Waals surface area contributed by atoms with Crippen LogP contribution in [0.15, 0.2) is 30.9 Å². The summed E-state index contributed by atoms with van der Waals surface area (Å²) in [6, 6.07) is 5.39. The third kappa shape index (κ3) is 2.46. The molecule has 4 saturated carbocycles. The van der Waals surface area contributed by atoms with Crippen molar-refractivity contribution >= 4 is 5.97 Å². The minimum atomic E-state index is -0.855. The molecular weight excluding hydrogens is 288 g/mol. The van der Waals surface area contributed by atoms with Crippen molar-refractivity contribution in [1.29, 1.82) is 0 Å². The average molecular weight is 312 g/mol. The third-order valence-electron chi connectivity index (χ3n) is 6.19. The van der Waals surface area contributed by atoms with E-state index in [-0.39, 0.29) is 5.41 Å². The quantitative estimate of drug-likeness (QED) is 0.819. The Morgan fingerprint density at radius 2 is 1.83 bits per heavy atom. The molecule has 0 aliphatic heterocycles. The molecule has 0 saturated heterocycles. The summed E-state index contributed by atoms with van der Waals surface area (Å²) in [5.74, 6) is 2.47. The second kappa shape index (κ2) is 5.40. The summed E-state index contributed by atoms with van der Waals surface area (Å²) in [7, 11) is 0. The van der Waals surface area contributed by atoms with Crippen LogP contribution in [0.2, 0.25) is 0 Å². The van der Waals surface area contributed by atoms with Crippen molar-refractivity contribution in [3.63, 3.8) is 0 Å². The minimum Gasteiger partial charge on any atom is -0.489 e. The van der Waals surface area contributed by atoms with Crippen LogP contribution in [0.5, 0.6) is 5.75 Å². The molecule has 1 aromatic carbocycles. The van der Waals surface area contributed by atoms with E-state index >= 15 is 0 Å². The summed E-state index contributed by atoms with van der Waals surface area (Å²) >= 11 is 0. The van der Waals surface area contributed by atoms with Gasteiger partial charge in [-0.1, -0.05) is 12.7 Å². The molecule has 0 aromatic heterocycles. The Balaban J connectivity index is 1.77. The Kier molecular flexibility index (Phi) is 3.47. The molecule has 0 spiro atoms. The number of carbonyl (C=O) groups is 1. The molecule has 23 heavy (non-hydrogen) atoms. The van der Waals surface area contributed by atoms with Gasteiger partial charge in [-0.05, 0) is 79.9 Å². The molecule has 0 radical (unpaired) electrons. The fourth-order valence-corrected chi connectivity index (χ4v) is 5.79. The number of carboxylic acids is 1. The van der Waals surface area contributed by atoms with E-state index in [0.29, 0.717) is 12.2 Å². The Morgan fingerprint density at radius 3 is 2.35 bits per heavy atom. The largest absolute Gasteiger partial charge is 0.489 e. The second-order valence-electron chi connectivity index (χ2n) is 7.81. The van der Waals surface area contributed by atoms with Crippen molar-refractivity contribution < 1.29 is 14.6 Å². The van der Waals surface area contributed by atoms with Crippen LogP contribution < -0.4 is 4.74 Å². The highest BCUT2D eigenvalue weighted by Crippen LogP contribution is 2.61. The highest BCUT2D eigenvalue weighted by Gasteiger charge is 2.52. The van der Waals surface area contributed by atoms with Gasteiger partial charge in [0.2, 0.25) is 0 Å². The van der Waals surface area contributed by atoms with Crippen LogP contribution in [0.1, 0.15) is 54.4 Å². The lowest BCUT2D eigenvalue weighted by atomic mass is 9.48. The Morgan fingerprint density at radius 1 is 1.22 bits per heavy atom. The average Bonchev–Trinajstić information content (AvgIpc) is 2.51. The summed E-state index contributed by atoms with van der Waals surface area (Å²) < 4.78 is 5.90. The topological polar surface area (TPSA) is 46.5 Å². The maximum absolute atomic E-state index is 11.4. The molecule has 5 rings (SSSR count). The molecule has 0 atom stereocenters. The zero-order valence-corrected chi connectivity index (χ0v) is 13.5. The predicted octanol–water partition coefficient (Wildman–Crippen LogP) is 4.42. The van der Waals surface area contributed by atoms with Crippen LogP contribution in [0, 0.1) is 17.8 Å². The number of rotatable bonds is 5. The summed E-state index contributed by atoms with van der Waals surface area (Å²) in [5, 5.41) is 9.40. The molecule has 3 heteroatoms. The van der Waals surface area contributed by atoms with E-state index in [9.17, 15) is 9.90 Å². The van der Waals surface area contributed by atoms with Crippen LogP contribution in [-0.4, -0.2) is 17.7 Å². The van der Waals surface area contributed by atoms with Gasteiger partial charge < -0.3 is 9.84 Å². The molecule has 1 aromatic rings. The molecular formula is C20H24O3. The van der Waals surface area contributed by atoms with E-state index in [1.807, 2.05) is 12.1 Å². The van der Waals surface area contributed by atoms with Crippen molar-refractivity contribution in [3.8, 4) is 5.75 Å². The number of hydrogen-bond donors (Lipinski definition) is 1. The lowest BCUT2D eigenvalue weighted by Gasteiger charge is -2.57. The molecule has 3 nitrogen and oxygen atoms in total. The Hall–Kier alpha value is -1.77. The first-order valence-corrected chi connectivity index (χ1v) is 8.71. The van der Waals surface area contributed by atoms with E-state index in [1.165, 1.54) is 38.5 Å². The highest BCUT2D eigenvalue weighted by atomic mass is 16.5. The van der Waals surface area contributed by atoms with E-state index in [0.717, 1.165) is 29.1 Å². The number of benzene rings is 1. The summed E-state index contributed by atoms with van der Waals surface area (Å²) in [5.41, 5.74) is 1.65. The first-order chi connectivity index (χ1) is 11.1. The Bertz CT molecular complexity index is 611. The number of hydrogen-bond acceptors (Lipinski definition) is 2. The van der Waals surface area contributed by atoms with Crippen molar-refractivity contribution in [2.45, 2.75) is 43.9 Å². The second-order valence-corrected chi connectivity index (χ2v) is 7.81. The maximum atomic E-state index is 11.4. The van der Waals surface area contributed by atoms with Crippen LogP contribution >= 0.6 is 0 Å². The minimum absolute atomic E-state index is 0.136. The number of ether oxygens (including phenoxy) is 1. The van der Waals surface area contributed by atoms with Crippen molar-refractivity contribution in [3.05, 3.63) is 42.0 Å². The van der Waals surface area contributed by atoms with Crippen molar-refractivity contribution in [2.75, 3.05) is 6.61 Å². The zero-order valence-electron chi connectivity index (χ0n) is 13.5. The highest BCUT2D eigenvalue weighted by molar-refractivity contribution is 5.88. The van der Waals surface area contributed by atoms with Gasteiger partial charge in [0.25, 0.3) is 0 Å². The zero-order chi connectivity index (χ0) is 16.0. The summed E-state index contributed by atoms with van der Waals surface area (Å²) in [6.07, 6.45) is 9.47. The third-order valence-corrected chi connectivity index (χ3v) is 6.19. The van der Waals surface area contributed by atoms with Gasteiger partial charge in [0.1, 0.15) is 12.4 Å². The molecule has 0 amide bonds. The summed E-state index contributed by atoms with van der Waals surface area (Å²) in [6.45, 7) is 4.19. The molecule has 1 N–H and O–H groups in total. The Labute approximate surface area is 137 Å². The first-order valence-electron chi connectivity index (χ1n) is 8.71. The summed E-state index contributed by atoms with van der Waals surface area (Å²) in [4.78, 5) is 11.4. The SMILES string of the molecule is C=CCOc1ccc(C(=O)O)cc1C12CC3CC(CC(C3)C1)C2. The van der Waals surface area contributed by atoms with Gasteiger partial charge in [0.15, 0.2) is 0 Å². The van der Waals surface area contributed by atoms with Crippen LogP contribution in [0.3, 0.4) is 0 Å². The molecule has 4 aliphatic carbocycles. The van der Waals surface area contributed by atoms with Crippen LogP contribution in [-0.2, 0) is 5.41 Å². The molecule has 4 fully saturated rings. The fourth-order valence-electron chi connectivity index (χ4n) is 5.79. The molecule has 0 unspecified atom stereocenters. The monoisotopic (exact) mass is 312 g/mol. The van der Waals surface area contributed by atoms with Crippen LogP contribution in [0.25, 0.3) is 0 Å².